The molecule has 1 aliphatic rings. The van der Waals surface area contributed by atoms with Gasteiger partial charge in [0.15, 0.2) is 0 Å². The summed E-state index contributed by atoms with van der Waals surface area (Å²) in [4.78, 5) is 33.2. The number of hydrogen-bond donors (Lipinski definition) is 1. The molecule has 3 aromatic rings. The highest BCUT2D eigenvalue weighted by Gasteiger charge is 2.37. The Labute approximate surface area is 194 Å². The van der Waals surface area contributed by atoms with Crippen molar-refractivity contribution >= 4 is 28.9 Å². The van der Waals surface area contributed by atoms with Gasteiger partial charge < -0.3 is 10.6 Å². The van der Waals surface area contributed by atoms with Crippen molar-refractivity contribution < 1.29 is 9.59 Å². The van der Waals surface area contributed by atoms with Crippen LogP contribution in [-0.4, -0.2) is 36.5 Å². The maximum Gasteiger partial charge on any atom is 0.248 e. The first-order valence-corrected chi connectivity index (χ1v) is 10.9. The van der Waals surface area contributed by atoms with Gasteiger partial charge in [0.25, 0.3) is 0 Å². The van der Waals surface area contributed by atoms with Gasteiger partial charge in [0.2, 0.25) is 11.8 Å². The van der Waals surface area contributed by atoms with Crippen LogP contribution in [0.5, 0.6) is 0 Å². The Hall–Kier alpha value is -3.77. The van der Waals surface area contributed by atoms with Gasteiger partial charge in [-0.05, 0) is 61.0 Å². The smallest absolute Gasteiger partial charge is 0.248 e. The number of hydrogen-bond acceptors (Lipinski definition) is 4. The van der Waals surface area contributed by atoms with Crippen LogP contribution in [0.25, 0.3) is 0 Å². The fourth-order valence-corrected chi connectivity index (χ4v) is 4.30. The summed E-state index contributed by atoms with van der Waals surface area (Å²) in [7, 11) is 3.84. The van der Waals surface area contributed by atoms with E-state index in [-0.39, 0.29) is 5.91 Å². The van der Waals surface area contributed by atoms with E-state index < -0.39 is 11.8 Å². The van der Waals surface area contributed by atoms with Crippen LogP contribution in [-0.2, 0) is 17.9 Å². The molecule has 6 heteroatoms. The maximum absolute atomic E-state index is 12.9. The monoisotopic (exact) mass is 440 g/mol. The lowest BCUT2D eigenvalue weighted by atomic mass is 9.94. The number of carbonyl (C=O) groups is 2. The molecule has 168 valence electrons. The van der Waals surface area contributed by atoms with Crippen molar-refractivity contribution in [3.05, 3.63) is 95.1 Å². The molecular weight excluding hydrogens is 412 g/mol. The molecular formula is C27H28N4O2. The molecule has 0 bridgehead atoms. The number of nitrogens with two attached hydrogens (primary N) is 1. The summed E-state index contributed by atoms with van der Waals surface area (Å²) in [6, 6.07) is 23.6. The summed E-state index contributed by atoms with van der Waals surface area (Å²) in [5.74, 6) is -1.10. The minimum absolute atomic E-state index is 0.0629. The van der Waals surface area contributed by atoms with Crippen LogP contribution in [0.3, 0.4) is 0 Å². The van der Waals surface area contributed by atoms with Gasteiger partial charge in [-0.25, -0.2) is 0 Å². The first kappa shape index (κ1) is 22.4. The van der Waals surface area contributed by atoms with Crippen molar-refractivity contribution in [1.82, 2.24) is 4.90 Å². The maximum atomic E-state index is 12.9. The average molecular weight is 441 g/mol. The Kier molecular flexibility index (Phi) is 6.38. The molecule has 0 saturated carbocycles. The number of fused-ring (bicyclic) bond motifs is 1. The number of amides is 2. The predicted molar refractivity (Wildman–Crippen MR) is 132 cm³/mol. The molecule has 3 aromatic carbocycles. The zero-order valence-electron chi connectivity index (χ0n) is 19.2. The van der Waals surface area contributed by atoms with E-state index in [1.165, 1.54) is 11.1 Å². The van der Waals surface area contributed by atoms with Crippen LogP contribution >= 0.6 is 0 Å². The number of carbonyl (C=O) groups excluding carboxylic acids is 2. The Morgan fingerprint density at radius 3 is 2.27 bits per heavy atom. The molecule has 0 radical (unpaired) electrons. The van der Waals surface area contributed by atoms with Gasteiger partial charge >= 0.3 is 0 Å². The number of anilines is 1. The van der Waals surface area contributed by atoms with Gasteiger partial charge in [0.05, 0.1) is 5.69 Å². The van der Waals surface area contributed by atoms with Crippen molar-refractivity contribution in [1.29, 1.82) is 0 Å². The van der Waals surface area contributed by atoms with Gasteiger partial charge in [-0.2, -0.15) is 0 Å². The van der Waals surface area contributed by atoms with Crippen LogP contribution in [0.2, 0.25) is 0 Å². The van der Waals surface area contributed by atoms with Gasteiger partial charge in [-0.15, -0.1) is 0 Å². The van der Waals surface area contributed by atoms with Crippen molar-refractivity contribution in [3.8, 4) is 0 Å². The summed E-state index contributed by atoms with van der Waals surface area (Å²) in [5.41, 5.74) is 11.3. The number of benzene rings is 3. The minimum Gasteiger partial charge on any atom is -0.366 e. The number of aliphatic imine (C=N–C) groups is 1. The van der Waals surface area contributed by atoms with Crippen LogP contribution < -0.4 is 10.6 Å². The summed E-state index contributed by atoms with van der Waals surface area (Å²) in [5, 5.41) is 0. The summed E-state index contributed by atoms with van der Waals surface area (Å²) < 4.78 is 0. The second-order valence-corrected chi connectivity index (χ2v) is 8.55. The van der Waals surface area contributed by atoms with Crippen molar-refractivity contribution in [2.45, 2.75) is 25.9 Å². The van der Waals surface area contributed by atoms with E-state index in [0.717, 1.165) is 30.0 Å². The van der Waals surface area contributed by atoms with Gasteiger partial charge in [-0.3, -0.25) is 19.5 Å². The van der Waals surface area contributed by atoms with Gasteiger partial charge in [-0.1, -0.05) is 42.5 Å². The molecule has 0 aromatic heterocycles. The minimum atomic E-state index is -0.527. The predicted octanol–water partition coefficient (Wildman–Crippen LogP) is 4.27. The number of rotatable bonds is 7. The molecule has 4 rings (SSSR count). The average Bonchev–Trinajstić information content (AvgIpc) is 3.05. The molecule has 2 N–H and O–H groups in total. The standard InChI is InChI=1S/C27H28N4O2/c1-18(25-23-15-21(26(28)32)11-14-24(23)31(3)27(25)33)29-22-12-9-20(10-13-22)17-30(2)16-19-7-5-4-6-8-19/h4-15,25H,16-17H2,1-3H3,(H2,28,32). The van der Waals surface area contributed by atoms with E-state index in [2.05, 4.69) is 48.3 Å². The number of likely N-dealkylation sites (N-methyl/N-ethyl adjacent to an activating group) is 1. The number of nitrogens with zero attached hydrogens (tertiary/aromatic N) is 3. The molecule has 6 nitrogen and oxygen atoms in total. The fraction of sp³-hybridized carbons (Fsp3) is 0.222. The highest BCUT2D eigenvalue weighted by Crippen LogP contribution is 2.38. The second-order valence-electron chi connectivity index (χ2n) is 8.55. The molecule has 0 saturated heterocycles. The van der Waals surface area contributed by atoms with E-state index in [9.17, 15) is 9.59 Å². The third-order valence-corrected chi connectivity index (χ3v) is 5.97. The molecule has 1 unspecified atom stereocenters. The van der Waals surface area contributed by atoms with E-state index in [0.29, 0.717) is 11.3 Å². The van der Waals surface area contributed by atoms with E-state index >= 15 is 0 Å². The van der Waals surface area contributed by atoms with Gasteiger partial charge in [0, 0.05) is 37.1 Å². The highest BCUT2D eigenvalue weighted by atomic mass is 16.2. The third kappa shape index (κ3) is 4.86. The molecule has 33 heavy (non-hydrogen) atoms. The summed E-state index contributed by atoms with van der Waals surface area (Å²) in [6.07, 6.45) is 0. The highest BCUT2D eigenvalue weighted by molar-refractivity contribution is 6.19. The van der Waals surface area contributed by atoms with Gasteiger partial charge in [0.1, 0.15) is 5.92 Å². The summed E-state index contributed by atoms with van der Waals surface area (Å²) >= 11 is 0. The topological polar surface area (TPSA) is 79.0 Å². The van der Waals surface area contributed by atoms with Crippen LogP contribution in [0.1, 0.15) is 39.9 Å². The molecule has 2 amide bonds. The summed E-state index contributed by atoms with van der Waals surface area (Å²) in [6.45, 7) is 3.56. The van der Waals surface area contributed by atoms with E-state index in [4.69, 9.17) is 10.7 Å². The second kappa shape index (κ2) is 9.38. The largest absolute Gasteiger partial charge is 0.366 e. The molecule has 1 heterocycles. The molecule has 1 atom stereocenters. The quantitative estimate of drug-likeness (QED) is 0.557. The van der Waals surface area contributed by atoms with E-state index in [1.807, 2.05) is 25.1 Å². The Morgan fingerprint density at radius 1 is 1.00 bits per heavy atom. The fourth-order valence-electron chi connectivity index (χ4n) is 4.30. The Balaban J connectivity index is 1.50. The van der Waals surface area contributed by atoms with Crippen LogP contribution in [0, 0.1) is 0 Å². The lowest BCUT2D eigenvalue weighted by Crippen LogP contribution is -2.27. The zero-order chi connectivity index (χ0) is 23.5. The lowest BCUT2D eigenvalue weighted by Gasteiger charge is -2.17. The third-order valence-electron chi connectivity index (χ3n) is 5.97. The molecule has 0 spiro atoms. The SMILES string of the molecule is CC(=Nc1ccc(CN(C)Cc2ccccc2)cc1)C1C(=O)N(C)c2ccc(C(N)=O)cc21. The Morgan fingerprint density at radius 2 is 1.64 bits per heavy atom. The number of primary amides is 1. The first-order chi connectivity index (χ1) is 15.8. The van der Waals surface area contributed by atoms with Crippen molar-refractivity contribution in [3.63, 3.8) is 0 Å². The molecule has 1 aliphatic heterocycles. The lowest BCUT2D eigenvalue weighted by molar-refractivity contribution is -0.117. The Bertz CT molecular complexity index is 1200. The normalized spacial score (nSPS) is 15.8. The van der Waals surface area contributed by atoms with Crippen LogP contribution in [0.4, 0.5) is 11.4 Å². The van der Waals surface area contributed by atoms with Crippen molar-refractivity contribution in [2.75, 3.05) is 19.0 Å². The van der Waals surface area contributed by atoms with Crippen molar-refractivity contribution in [2.24, 2.45) is 10.7 Å². The van der Waals surface area contributed by atoms with Crippen LogP contribution in [0.15, 0.2) is 77.8 Å². The van der Waals surface area contributed by atoms with E-state index in [1.54, 1.807) is 30.1 Å². The first-order valence-electron chi connectivity index (χ1n) is 10.9. The zero-order valence-corrected chi connectivity index (χ0v) is 19.2. The molecule has 0 aliphatic carbocycles. The molecule has 0 fully saturated rings.